The van der Waals surface area contributed by atoms with Gasteiger partial charge >= 0.3 is 0 Å². The molecule has 3 aliphatic rings. The molecule has 0 aromatic carbocycles. The van der Waals surface area contributed by atoms with Crippen molar-refractivity contribution in [3.05, 3.63) is 0 Å². The number of morpholine rings is 1. The zero-order valence-corrected chi connectivity index (χ0v) is 13.4. The minimum atomic E-state index is -3.21. The molecule has 3 atom stereocenters. The predicted octanol–water partition coefficient (Wildman–Crippen LogP) is -0.0889. The van der Waals surface area contributed by atoms with Gasteiger partial charge < -0.3 is 10.1 Å². The molecule has 6 nitrogen and oxygen atoms in total. The molecule has 0 amide bonds. The van der Waals surface area contributed by atoms with Crippen molar-refractivity contribution in [1.29, 1.82) is 0 Å². The van der Waals surface area contributed by atoms with E-state index in [1.165, 1.54) is 12.8 Å². The van der Waals surface area contributed by atoms with Gasteiger partial charge in [0.2, 0.25) is 10.0 Å². The third-order valence-corrected chi connectivity index (χ3v) is 6.27. The van der Waals surface area contributed by atoms with E-state index in [1.54, 1.807) is 0 Å². The lowest BCUT2D eigenvalue weighted by Gasteiger charge is -2.35. The Hall–Kier alpha value is -0.210. The molecule has 0 aromatic heterocycles. The highest BCUT2D eigenvalue weighted by Crippen LogP contribution is 2.22. The number of rotatable bonds is 5. The molecule has 0 radical (unpaired) electrons. The Morgan fingerprint density at radius 2 is 2.14 bits per heavy atom. The maximum absolute atomic E-state index is 12.1. The molecule has 0 saturated carbocycles. The quantitative estimate of drug-likeness (QED) is 0.742. The van der Waals surface area contributed by atoms with Crippen molar-refractivity contribution in [2.24, 2.45) is 0 Å². The topological polar surface area (TPSA) is 70.7 Å². The lowest BCUT2D eigenvalue weighted by atomic mass is 10.1. The Balaban J connectivity index is 1.43. The van der Waals surface area contributed by atoms with E-state index in [0.29, 0.717) is 12.6 Å². The summed E-state index contributed by atoms with van der Waals surface area (Å²) in [5.74, 6) is 0.187. The van der Waals surface area contributed by atoms with Crippen LogP contribution in [-0.4, -0.2) is 70.0 Å². The molecular formula is C14H27N3O3S. The van der Waals surface area contributed by atoms with Gasteiger partial charge in [-0.3, -0.25) is 4.90 Å². The monoisotopic (exact) mass is 317 g/mol. The van der Waals surface area contributed by atoms with E-state index in [4.69, 9.17) is 4.74 Å². The largest absolute Gasteiger partial charge is 0.374 e. The summed E-state index contributed by atoms with van der Waals surface area (Å²) in [6, 6.07) is 0.663. The second-order valence-electron chi connectivity index (χ2n) is 6.52. The third kappa shape index (κ3) is 4.39. The van der Waals surface area contributed by atoms with Crippen LogP contribution < -0.4 is 10.0 Å². The average molecular weight is 317 g/mol. The number of nitrogens with zero attached hydrogens (tertiary/aromatic N) is 1. The molecule has 3 saturated heterocycles. The zero-order valence-electron chi connectivity index (χ0n) is 12.6. The first-order chi connectivity index (χ1) is 10.1. The molecule has 122 valence electrons. The van der Waals surface area contributed by atoms with Crippen molar-refractivity contribution in [3.63, 3.8) is 0 Å². The van der Waals surface area contributed by atoms with Crippen LogP contribution in [0, 0.1) is 0 Å². The van der Waals surface area contributed by atoms with Crippen LogP contribution in [0.3, 0.4) is 0 Å². The average Bonchev–Trinajstić information content (AvgIpc) is 2.93. The fourth-order valence-corrected chi connectivity index (χ4v) is 4.99. The Bertz CT molecular complexity index is 437. The van der Waals surface area contributed by atoms with Crippen molar-refractivity contribution in [2.75, 3.05) is 38.5 Å². The summed E-state index contributed by atoms with van der Waals surface area (Å²) in [4.78, 5) is 2.44. The lowest BCUT2D eigenvalue weighted by Crippen LogP contribution is -2.51. The van der Waals surface area contributed by atoms with Crippen molar-refractivity contribution in [3.8, 4) is 0 Å². The summed E-state index contributed by atoms with van der Waals surface area (Å²) in [7, 11) is -3.21. The first kappa shape index (κ1) is 15.7. The van der Waals surface area contributed by atoms with Crippen LogP contribution in [0.25, 0.3) is 0 Å². The molecule has 0 spiro atoms. The molecule has 3 unspecified atom stereocenters. The molecule has 7 heteroatoms. The minimum Gasteiger partial charge on any atom is -0.374 e. The number of sulfonamides is 1. The zero-order chi connectivity index (χ0) is 14.7. The van der Waals surface area contributed by atoms with Gasteiger partial charge in [-0.15, -0.1) is 0 Å². The lowest BCUT2D eigenvalue weighted by molar-refractivity contribution is -0.0449. The van der Waals surface area contributed by atoms with Gasteiger partial charge in [0.15, 0.2) is 0 Å². The second-order valence-corrected chi connectivity index (χ2v) is 8.37. The second kappa shape index (κ2) is 6.91. The molecule has 3 aliphatic heterocycles. The number of hydrogen-bond acceptors (Lipinski definition) is 5. The standard InChI is InChI=1S/C14H27N3O3S/c18-21(19,11-12-4-1-2-6-15-12)16-8-14-9-17-7-3-5-13(17)10-20-14/h12-16H,1-11H2. The Morgan fingerprint density at radius 3 is 2.95 bits per heavy atom. The van der Waals surface area contributed by atoms with E-state index < -0.39 is 10.0 Å². The van der Waals surface area contributed by atoms with E-state index >= 15 is 0 Å². The molecule has 3 rings (SSSR count). The molecular weight excluding hydrogens is 290 g/mol. The van der Waals surface area contributed by atoms with Crippen molar-refractivity contribution in [2.45, 2.75) is 50.3 Å². The van der Waals surface area contributed by atoms with Crippen LogP contribution in [0.2, 0.25) is 0 Å². The molecule has 21 heavy (non-hydrogen) atoms. The van der Waals surface area contributed by atoms with Gasteiger partial charge in [-0.2, -0.15) is 0 Å². The van der Waals surface area contributed by atoms with E-state index in [2.05, 4.69) is 14.9 Å². The number of ether oxygens (including phenoxy) is 1. The van der Waals surface area contributed by atoms with Crippen LogP contribution in [0.1, 0.15) is 32.1 Å². The van der Waals surface area contributed by atoms with Gasteiger partial charge in [-0.1, -0.05) is 6.42 Å². The highest BCUT2D eigenvalue weighted by Gasteiger charge is 2.32. The van der Waals surface area contributed by atoms with Gasteiger partial charge in [-0.05, 0) is 38.8 Å². The number of fused-ring (bicyclic) bond motifs is 1. The Kier molecular flexibility index (Phi) is 5.16. The summed E-state index contributed by atoms with van der Waals surface area (Å²) in [6.45, 7) is 4.06. The van der Waals surface area contributed by atoms with Gasteiger partial charge in [0, 0.05) is 25.2 Å². The first-order valence-corrected chi connectivity index (χ1v) is 9.84. The summed E-state index contributed by atoms with van der Waals surface area (Å²) < 4.78 is 32.8. The van der Waals surface area contributed by atoms with E-state index in [0.717, 1.165) is 45.5 Å². The maximum Gasteiger partial charge on any atom is 0.213 e. The van der Waals surface area contributed by atoms with E-state index in [1.807, 2.05) is 0 Å². The Morgan fingerprint density at radius 1 is 1.24 bits per heavy atom. The van der Waals surface area contributed by atoms with Crippen molar-refractivity contribution in [1.82, 2.24) is 14.9 Å². The summed E-state index contributed by atoms with van der Waals surface area (Å²) >= 11 is 0. The van der Waals surface area contributed by atoms with Gasteiger partial charge in [0.05, 0.1) is 18.5 Å². The van der Waals surface area contributed by atoms with E-state index in [-0.39, 0.29) is 17.9 Å². The molecule has 3 fully saturated rings. The van der Waals surface area contributed by atoms with Crippen molar-refractivity contribution < 1.29 is 13.2 Å². The smallest absolute Gasteiger partial charge is 0.213 e. The normalized spacial score (nSPS) is 34.8. The summed E-state index contributed by atoms with van der Waals surface area (Å²) in [5, 5.41) is 3.28. The summed E-state index contributed by atoms with van der Waals surface area (Å²) in [6.07, 6.45) is 5.67. The van der Waals surface area contributed by atoms with Crippen LogP contribution in [-0.2, 0) is 14.8 Å². The first-order valence-electron chi connectivity index (χ1n) is 8.19. The highest BCUT2D eigenvalue weighted by molar-refractivity contribution is 7.89. The predicted molar refractivity (Wildman–Crippen MR) is 81.8 cm³/mol. The fraction of sp³-hybridized carbons (Fsp3) is 1.00. The van der Waals surface area contributed by atoms with Gasteiger partial charge in [0.25, 0.3) is 0 Å². The van der Waals surface area contributed by atoms with Crippen LogP contribution >= 0.6 is 0 Å². The number of hydrogen-bond donors (Lipinski definition) is 2. The van der Waals surface area contributed by atoms with E-state index in [9.17, 15) is 8.42 Å². The molecule has 0 aromatic rings. The van der Waals surface area contributed by atoms with Crippen LogP contribution in [0.5, 0.6) is 0 Å². The highest BCUT2D eigenvalue weighted by atomic mass is 32.2. The Labute approximate surface area is 127 Å². The SMILES string of the molecule is O=S(=O)(CC1CCCCN1)NCC1CN2CCCC2CO1. The van der Waals surface area contributed by atoms with Crippen molar-refractivity contribution >= 4 is 10.0 Å². The molecule has 0 bridgehead atoms. The minimum absolute atomic E-state index is 0.00607. The van der Waals surface area contributed by atoms with Crippen LogP contribution in [0.15, 0.2) is 0 Å². The molecule has 0 aliphatic carbocycles. The maximum atomic E-state index is 12.1. The third-order valence-electron chi connectivity index (χ3n) is 4.83. The fourth-order valence-electron chi connectivity index (χ4n) is 3.62. The van der Waals surface area contributed by atoms with Gasteiger partial charge in [0.1, 0.15) is 0 Å². The number of piperidine rings is 1. The molecule has 3 heterocycles. The van der Waals surface area contributed by atoms with Crippen LogP contribution in [0.4, 0.5) is 0 Å². The number of nitrogens with one attached hydrogen (secondary N) is 2. The summed E-state index contributed by atoms with van der Waals surface area (Å²) in [5.41, 5.74) is 0. The molecule has 2 N–H and O–H groups in total. The van der Waals surface area contributed by atoms with Gasteiger partial charge in [-0.25, -0.2) is 13.1 Å².